The lowest BCUT2D eigenvalue weighted by Crippen LogP contribution is -2.71. The third-order valence-corrected chi connectivity index (χ3v) is 2.56. The van der Waals surface area contributed by atoms with E-state index in [1.807, 2.05) is 0 Å². The van der Waals surface area contributed by atoms with Gasteiger partial charge < -0.3 is 4.74 Å². The molecule has 1 nitrogen and oxygen atoms in total. The number of ether oxygens (including phenoxy) is 1. The number of halogens is 14. The van der Waals surface area contributed by atoms with Gasteiger partial charge in [-0.05, 0) is 0 Å². The molecule has 0 rings (SSSR count). The van der Waals surface area contributed by atoms with Gasteiger partial charge in [-0.25, -0.2) is 8.78 Å². The van der Waals surface area contributed by atoms with E-state index in [1.165, 1.54) is 0 Å². The Kier molecular flexibility index (Phi) is 5.55. The van der Waals surface area contributed by atoms with E-state index in [-0.39, 0.29) is 0 Å². The van der Waals surface area contributed by atoms with Crippen LogP contribution in [0.1, 0.15) is 0 Å². The number of alkyl halides is 14. The van der Waals surface area contributed by atoms with Crippen LogP contribution in [0.3, 0.4) is 0 Å². The summed E-state index contributed by atoms with van der Waals surface area (Å²) in [5, 5.41) is 0. The van der Waals surface area contributed by atoms with Crippen LogP contribution in [-0.2, 0) is 4.74 Å². The summed E-state index contributed by atoms with van der Waals surface area (Å²) in [5.41, 5.74) is -13.1. The van der Waals surface area contributed by atoms with E-state index in [4.69, 9.17) is 0 Å². The van der Waals surface area contributed by atoms with Crippen LogP contribution in [-0.4, -0.2) is 49.3 Å². The summed E-state index contributed by atoms with van der Waals surface area (Å²) in [7, 11) is 0. The van der Waals surface area contributed by atoms with E-state index in [2.05, 4.69) is 4.74 Å². The molecule has 0 aliphatic heterocycles. The summed E-state index contributed by atoms with van der Waals surface area (Å²) in [6, 6.07) is 0. The van der Waals surface area contributed by atoms with Crippen molar-refractivity contribution in [3.8, 4) is 0 Å². The van der Waals surface area contributed by atoms with Gasteiger partial charge in [-0.15, -0.1) is 0 Å². The van der Waals surface area contributed by atoms with Crippen LogP contribution in [0.4, 0.5) is 61.5 Å². The van der Waals surface area contributed by atoms with Crippen LogP contribution in [0.5, 0.6) is 0 Å². The second kappa shape index (κ2) is 5.81. The fourth-order valence-electron chi connectivity index (χ4n) is 1.21. The molecule has 0 bridgehead atoms. The average molecular weight is 382 g/mol. The minimum Gasteiger partial charge on any atom is -0.329 e. The van der Waals surface area contributed by atoms with Crippen molar-refractivity contribution in [1.82, 2.24) is 0 Å². The first-order valence-electron chi connectivity index (χ1n) is 4.92. The summed E-state index contributed by atoms with van der Waals surface area (Å²) in [4.78, 5) is 0. The maximum atomic E-state index is 12.4. The largest absolute Gasteiger partial charge is 0.429 e. The van der Waals surface area contributed by atoms with Gasteiger partial charge in [-0.3, -0.25) is 0 Å². The Morgan fingerprint density at radius 1 is 0.435 bits per heavy atom. The molecule has 23 heavy (non-hydrogen) atoms. The predicted molar refractivity (Wildman–Crippen MR) is 42.7 cm³/mol. The van der Waals surface area contributed by atoms with Crippen molar-refractivity contribution in [2.75, 3.05) is 13.3 Å². The van der Waals surface area contributed by atoms with Gasteiger partial charge in [-0.1, -0.05) is 0 Å². The van der Waals surface area contributed by atoms with Gasteiger partial charge >= 0.3 is 24.7 Å². The summed E-state index contributed by atoms with van der Waals surface area (Å²) in [5.74, 6) is 0. The lowest BCUT2D eigenvalue weighted by Gasteiger charge is -2.43. The molecule has 0 atom stereocenters. The van der Waals surface area contributed by atoms with Crippen LogP contribution in [0.15, 0.2) is 0 Å². The molecular formula is C8H4F14O. The fraction of sp³-hybridized carbons (Fsp3) is 1.00. The second-order valence-electron chi connectivity index (χ2n) is 4.01. The van der Waals surface area contributed by atoms with E-state index in [0.29, 0.717) is 0 Å². The molecule has 0 aliphatic carbocycles. The van der Waals surface area contributed by atoms with Crippen LogP contribution < -0.4 is 0 Å². The van der Waals surface area contributed by atoms with Crippen LogP contribution in [0, 0.1) is 0 Å². The molecule has 0 aromatic rings. The molecule has 0 amide bonds. The van der Waals surface area contributed by atoms with Crippen LogP contribution in [0.2, 0.25) is 0 Å². The molecular weight excluding hydrogens is 378 g/mol. The maximum Gasteiger partial charge on any atom is 0.429 e. The monoisotopic (exact) mass is 382 g/mol. The Bertz CT molecular complexity index is 331. The molecule has 0 fully saturated rings. The summed E-state index contributed by atoms with van der Waals surface area (Å²) in [6.45, 7) is -7.79. The zero-order chi connectivity index (χ0) is 19.1. The SMILES string of the molecule is FCC(OC(CF)(C(F)(F)F)C(F)(F)F)(C(F)(F)F)C(F)(F)F. The third-order valence-electron chi connectivity index (χ3n) is 2.56. The Morgan fingerprint density at radius 3 is 0.696 bits per heavy atom. The minimum absolute atomic E-state index is 2.13. The first-order valence-corrected chi connectivity index (χ1v) is 4.92. The van der Waals surface area contributed by atoms with Crippen LogP contribution in [0.25, 0.3) is 0 Å². The Hall–Kier alpha value is -1.02. The van der Waals surface area contributed by atoms with E-state index in [1.54, 1.807) is 0 Å². The summed E-state index contributed by atoms with van der Waals surface area (Å²) in [6.07, 6.45) is -28.4. The summed E-state index contributed by atoms with van der Waals surface area (Å²) < 4.78 is 175. The topological polar surface area (TPSA) is 9.23 Å². The molecule has 0 aromatic heterocycles. The summed E-state index contributed by atoms with van der Waals surface area (Å²) >= 11 is 0. The highest BCUT2D eigenvalue weighted by molar-refractivity contribution is 5.04. The van der Waals surface area contributed by atoms with Crippen molar-refractivity contribution in [2.45, 2.75) is 35.9 Å². The molecule has 0 spiro atoms. The molecule has 0 saturated carbocycles. The smallest absolute Gasteiger partial charge is 0.329 e. The zero-order valence-corrected chi connectivity index (χ0v) is 10.1. The minimum atomic E-state index is -7.10. The molecule has 0 aliphatic rings. The second-order valence-corrected chi connectivity index (χ2v) is 4.01. The Balaban J connectivity index is 6.56. The molecule has 0 aromatic carbocycles. The third kappa shape index (κ3) is 3.42. The van der Waals surface area contributed by atoms with Crippen molar-refractivity contribution in [3.63, 3.8) is 0 Å². The van der Waals surface area contributed by atoms with Gasteiger partial charge in [0.15, 0.2) is 0 Å². The van der Waals surface area contributed by atoms with E-state index in [9.17, 15) is 61.5 Å². The Labute approximate surface area is 117 Å². The fourth-order valence-corrected chi connectivity index (χ4v) is 1.21. The van der Waals surface area contributed by atoms with Gasteiger partial charge in [0.1, 0.15) is 13.3 Å². The van der Waals surface area contributed by atoms with Crippen molar-refractivity contribution >= 4 is 0 Å². The molecule has 0 N–H and O–H groups in total. The highest BCUT2D eigenvalue weighted by atomic mass is 19.4. The van der Waals surface area contributed by atoms with Crippen molar-refractivity contribution < 1.29 is 66.2 Å². The van der Waals surface area contributed by atoms with E-state index in [0.717, 1.165) is 0 Å². The number of hydrogen-bond acceptors (Lipinski definition) is 1. The van der Waals surface area contributed by atoms with Gasteiger partial charge in [0.25, 0.3) is 11.2 Å². The molecule has 140 valence electrons. The highest BCUT2D eigenvalue weighted by Gasteiger charge is 2.82. The first kappa shape index (κ1) is 22.0. The molecule has 0 unspecified atom stereocenters. The highest BCUT2D eigenvalue weighted by Crippen LogP contribution is 2.55. The normalized spacial score (nSPS) is 15.9. The standard InChI is InChI=1S/C8H4F14O/c9-1-3(5(11,12)13,6(14,15)16)23-4(2-10,7(17,18)19)8(20,21)22/h1-2H2. The quantitative estimate of drug-likeness (QED) is 0.643. The van der Waals surface area contributed by atoms with E-state index < -0.39 is 49.3 Å². The molecule has 0 saturated heterocycles. The van der Waals surface area contributed by atoms with Crippen molar-refractivity contribution in [3.05, 3.63) is 0 Å². The first-order chi connectivity index (χ1) is 9.83. The van der Waals surface area contributed by atoms with Crippen LogP contribution >= 0.6 is 0 Å². The van der Waals surface area contributed by atoms with Crippen molar-refractivity contribution in [2.24, 2.45) is 0 Å². The molecule has 0 heterocycles. The van der Waals surface area contributed by atoms with Crippen molar-refractivity contribution in [1.29, 1.82) is 0 Å². The molecule has 0 radical (unpaired) electrons. The predicted octanol–water partition coefficient (Wildman–Crippen LogP) is 4.67. The number of rotatable bonds is 4. The number of hydrogen-bond donors (Lipinski definition) is 0. The van der Waals surface area contributed by atoms with Gasteiger partial charge in [0.2, 0.25) is 0 Å². The molecule has 15 heteroatoms. The lowest BCUT2D eigenvalue weighted by atomic mass is 9.98. The van der Waals surface area contributed by atoms with Gasteiger partial charge in [0.05, 0.1) is 0 Å². The zero-order valence-electron chi connectivity index (χ0n) is 10.1. The Morgan fingerprint density at radius 2 is 0.609 bits per heavy atom. The maximum absolute atomic E-state index is 12.4. The van der Waals surface area contributed by atoms with Gasteiger partial charge in [-0.2, -0.15) is 52.7 Å². The van der Waals surface area contributed by atoms with E-state index >= 15 is 0 Å². The lowest BCUT2D eigenvalue weighted by molar-refractivity contribution is -0.470. The average Bonchev–Trinajstić information content (AvgIpc) is 2.23. The van der Waals surface area contributed by atoms with Gasteiger partial charge in [0, 0.05) is 0 Å².